The molecule has 106 valence electrons. The summed E-state index contributed by atoms with van der Waals surface area (Å²) < 4.78 is 5.51. The van der Waals surface area contributed by atoms with Crippen LogP contribution in [-0.4, -0.2) is 32.3 Å². The number of anilines is 1. The molecule has 3 nitrogen and oxygen atoms in total. The van der Waals surface area contributed by atoms with Crippen LogP contribution in [0.5, 0.6) is 0 Å². The third-order valence-corrected chi connectivity index (χ3v) is 3.92. The highest BCUT2D eigenvalue weighted by Gasteiger charge is 2.11. The Kier molecular flexibility index (Phi) is 5.23. The molecule has 0 spiro atoms. The summed E-state index contributed by atoms with van der Waals surface area (Å²) in [5.41, 5.74) is 10.1. The lowest BCUT2D eigenvalue weighted by Gasteiger charge is -2.23. The molecule has 1 atom stereocenters. The number of nitrogens with zero attached hydrogens (tertiary/aromatic N) is 1. The van der Waals surface area contributed by atoms with Crippen LogP contribution < -0.4 is 10.6 Å². The zero-order chi connectivity index (χ0) is 13.7. The van der Waals surface area contributed by atoms with Gasteiger partial charge in [0.05, 0.1) is 6.61 Å². The van der Waals surface area contributed by atoms with Crippen molar-refractivity contribution in [1.82, 2.24) is 0 Å². The normalized spacial score (nSPS) is 18.2. The Morgan fingerprint density at radius 3 is 2.89 bits per heavy atom. The quantitative estimate of drug-likeness (QED) is 0.906. The molecular weight excluding hydrogens is 236 g/mol. The molecule has 1 aromatic carbocycles. The van der Waals surface area contributed by atoms with E-state index in [1.165, 1.54) is 16.8 Å². The van der Waals surface area contributed by atoms with Crippen LogP contribution in [0.4, 0.5) is 5.69 Å². The smallest absolute Gasteiger partial charge is 0.0641 e. The minimum atomic E-state index is 0.274. The average Bonchev–Trinajstić information content (AvgIpc) is 2.69. The lowest BCUT2D eigenvalue weighted by Crippen LogP contribution is -2.26. The molecule has 0 aliphatic carbocycles. The Hall–Kier alpha value is -1.06. The van der Waals surface area contributed by atoms with Crippen molar-refractivity contribution in [1.29, 1.82) is 0 Å². The van der Waals surface area contributed by atoms with Crippen molar-refractivity contribution in [2.75, 3.05) is 31.2 Å². The maximum Gasteiger partial charge on any atom is 0.0641 e. The van der Waals surface area contributed by atoms with Crippen LogP contribution in [0.3, 0.4) is 0 Å². The number of hydrogen-bond acceptors (Lipinski definition) is 3. The molecule has 1 heterocycles. The van der Waals surface area contributed by atoms with E-state index < -0.39 is 0 Å². The van der Waals surface area contributed by atoms with E-state index in [1.54, 1.807) is 0 Å². The fourth-order valence-electron chi connectivity index (χ4n) is 2.54. The topological polar surface area (TPSA) is 38.5 Å². The van der Waals surface area contributed by atoms with Crippen molar-refractivity contribution in [2.24, 2.45) is 5.73 Å². The Balaban J connectivity index is 2.08. The maximum atomic E-state index is 6.05. The fraction of sp³-hybridized carbons (Fsp3) is 0.625. The van der Waals surface area contributed by atoms with Gasteiger partial charge in [-0.2, -0.15) is 0 Å². The number of hydrogen-bond donors (Lipinski definition) is 1. The van der Waals surface area contributed by atoms with Crippen molar-refractivity contribution < 1.29 is 4.74 Å². The van der Waals surface area contributed by atoms with E-state index >= 15 is 0 Å². The second-order valence-corrected chi connectivity index (χ2v) is 5.44. The molecule has 1 fully saturated rings. The van der Waals surface area contributed by atoms with Crippen LogP contribution in [0, 0.1) is 6.92 Å². The zero-order valence-electron chi connectivity index (χ0n) is 12.2. The van der Waals surface area contributed by atoms with Crippen molar-refractivity contribution in [3.63, 3.8) is 0 Å². The molecular formula is C16H26N2O. The summed E-state index contributed by atoms with van der Waals surface area (Å²) in [6, 6.07) is 7.04. The Morgan fingerprint density at radius 2 is 2.16 bits per heavy atom. The van der Waals surface area contributed by atoms with Gasteiger partial charge in [0, 0.05) is 31.4 Å². The molecule has 1 aliphatic heterocycles. The van der Waals surface area contributed by atoms with Gasteiger partial charge >= 0.3 is 0 Å². The van der Waals surface area contributed by atoms with Crippen LogP contribution in [-0.2, 0) is 11.2 Å². The molecule has 19 heavy (non-hydrogen) atoms. The minimum Gasteiger partial charge on any atom is -0.380 e. The summed E-state index contributed by atoms with van der Waals surface area (Å²) in [7, 11) is 0. The van der Waals surface area contributed by atoms with Gasteiger partial charge in [-0.25, -0.2) is 0 Å². The molecule has 0 bridgehead atoms. The first-order valence-corrected chi connectivity index (χ1v) is 7.38. The van der Waals surface area contributed by atoms with E-state index in [0.29, 0.717) is 0 Å². The molecule has 0 amide bonds. The summed E-state index contributed by atoms with van der Waals surface area (Å²) in [6.07, 6.45) is 3.12. The van der Waals surface area contributed by atoms with Gasteiger partial charge in [0.1, 0.15) is 0 Å². The van der Waals surface area contributed by atoms with Crippen LogP contribution in [0.1, 0.15) is 30.9 Å². The van der Waals surface area contributed by atoms with Gasteiger partial charge < -0.3 is 15.4 Å². The van der Waals surface area contributed by atoms with Gasteiger partial charge in [-0.3, -0.25) is 0 Å². The molecule has 3 heteroatoms. The summed E-state index contributed by atoms with van der Waals surface area (Å²) in [4.78, 5) is 2.42. The summed E-state index contributed by atoms with van der Waals surface area (Å²) in [5, 5.41) is 0. The SMILES string of the molecule is CCC(N)Cc1ccc(N2CCCOCC2)cc1C. The van der Waals surface area contributed by atoms with Crippen molar-refractivity contribution in [2.45, 2.75) is 39.2 Å². The second-order valence-electron chi connectivity index (χ2n) is 5.44. The van der Waals surface area contributed by atoms with Gasteiger partial charge in [-0.1, -0.05) is 13.0 Å². The molecule has 0 saturated carbocycles. The molecule has 2 rings (SSSR count). The highest BCUT2D eigenvalue weighted by molar-refractivity contribution is 5.51. The predicted octanol–water partition coefficient (Wildman–Crippen LogP) is 2.50. The Labute approximate surface area is 116 Å². The van der Waals surface area contributed by atoms with Crippen LogP contribution in [0.25, 0.3) is 0 Å². The van der Waals surface area contributed by atoms with Crippen LogP contribution in [0.15, 0.2) is 18.2 Å². The fourth-order valence-corrected chi connectivity index (χ4v) is 2.54. The first-order valence-electron chi connectivity index (χ1n) is 7.38. The highest BCUT2D eigenvalue weighted by atomic mass is 16.5. The lowest BCUT2D eigenvalue weighted by molar-refractivity contribution is 0.152. The zero-order valence-corrected chi connectivity index (χ0v) is 12.2. The molecule has 1 saturated heterocycles. The highest BCUT2D eigenvalue weighted by Crippen LogP contribution is 2.21. The van der Waals surface area contributed by atoms with Crippen molar-refractivity contribution in [3.8, 4) is 0 Å². The second kappa shape index (κ2) is 6.92. The summed E-state index contributed by atoms with van der Waals surface area (Å²) >= 11 is 0. The van der Waals surface area contributed by atoms with E-state index in [9.17, 15) is 0 Å². The standard InChI is InChI=1S/C16H26N2O/c1-3-15(17)12-14-5-6-16(11-13(14)2)18-7-4-9-19-10-8-18/h5-6,11,15H,3-4,7-10,12,17H2,1-2H3. The van der Waals surface area contributed by atoms with Gasteiger partial charge in [0.2, 0.25) is 0 Å². The predicted molar refractivity (Wildman–Crippen MR) is 80.8 cm³/mol. The number of ether oxygens (including phenoxy) is 1. The first-order chi connectivity index (χ1) is 9.20. The number of benzene rings is 1. The van der Waals surface area contributed by atoms with Gasteiger partial charge in [-0.05, 0) is 49.4 Å². The Morgan fingerprint density at radius 1 is 1.32 bits per heavy atom. The number of nitrogens with two attached hydrogens (primary N) is 1. The minimum absolute atomic E-state index is 0.274. The summed E-state index contributed by atoms with van der Waals surface area (Å²) in [6.45, 7) is 8.14. The van der Waals surface area contributed by atoms with E-state index in [-0.39, 0.29) is 6.04 Å². The molecule has 1 aromatic rings. The van der Waals surface area contributed by atoms with Crippen molar-refractivity contribution in [3.05, 3.63) is 29.3 Å². The average molecular weight is 262 g/mol. The van der Waals surface area contributed by atoms with E-state index in [2.05, 4.69) is 36.9 Å². The van der Waals surface area contributed by atoms with Gasteiger partial charge in [-0.15, -0.1) is 0 Å². The number of rotatable bonds is 4. The monoisotopic (exact) mass is 262 g/mol. The maximum absolute atomic E-state index is 6.05. The molecule has 2 N–H and O–H groups in total. The Bertz CT molecular complexity index is 398. The molecule has 0 aromatic heterocycles. The molecule has 1 unspecified atom stereocenters. The summed E-state index contributed by atoms with van der Waals surface area (Å²) in [5.74, 6) is 0. The largest absolute Gasteiger partial charge is 0.380 e. The van der Waals surface area contributed by atoms with Gasteiger partial charge in [0.15, 0.2) is 0 Å². The molecule has 1 aliphatic rings. The molecule has 0 radical (unpaired) electrons. The van der Waals surface area contributed by atoms with Crippen LogP contribution in [0.2, 0.25) is 0 Å². The lowest BCUT2D eigenvalue weighted by atomic mass is 9.99. The van der Waals surface area contributed by atoms with E-state index in [4.69, 9.17) is 10.5 Å². The third kappa shape index (κ3) is 3.95. The van der Waals surface area contributed by atoms with Gasteiger partial charge in [0.25, 0.3) is 0 Å². The number of aryl methyl sites for hydroxylation is 1. The van der Waals surface area contributed by atoms with Crippen LogP contribution >= 0.6 is 0 Å². The van der Waals surface area contributed by atoms with Crippen molar-refractivity contribution >= 4 is 5.69 Å². The van der Waals surface area contributed by atoms with E-state index in [1.807, 2.05) is 0 Å². The third-order valence-electron chi connectivity index (χ3n) is 3.92. The van der Waals surface area contributed by atoms with E-state index in [0.717, 1.165) is 45.6 Å². The first kappa shape index (κ1) is 14.4.